The number of aryl methyl sites for hydroxylation is 1. The number of carbonyl (C=O) groups is 2. The zero-order valence-electron chi connectivity index (χ0n) is 21.3. The molecule has 0 aliphatic heterocycles. The fraction of sp³-hybridized carbons (Fsp3) is 0.310. The quantitative estimate of drug-likeness (QED) is 0.276. The van der Waals surface area contributed by atoms with Gasteiger partial charge in [0.25, 0.3) is 5.91 Å². The van der Waals surface area contributed by atoms with Crippen molar-refractivity contribution in [2.75, 3.05) is 6.54 Å². The molecule has 3 aromatic carbocycles. The predicted octanol–water partition coefficient (Wildman–Crippen LogP) is 4.18. The Kier molecular flexibility index (Phi) is 10.8. The van der Waals surface area contributed by atoms with Gasteiger partial charge in [0.1, 0.15) is 17.7 Å². The Bertz CT molecular complexity index is 1220. The van der Waals surface area contributed by atoms with Crippen molar-refractivity contribution in [2.24, 2.45) is 0 Å². The maximum atomic E-state index is 13.8. The summed E-state index contributed by atoms with van der Waals surface area (Å²) in [6.07, 6.45) is -0.202. The van der Waals surface area contributed by atoms with E-state index in [0.717, 1.165) is 30.2 Å². The molecular formula is C29H32ClF2N3O3. The van der Waals surface area contributed by atoms with Crippen molar-refractivity contribution < 1.29 is 23.5 Å². The highest BCUT2D eigenvalue weighted by atomic mass is 35.5. The van der Waals surface area contributed by atoms with Crippen molar-refractivity contribution in [1.82, 2.24) is 16.0 Å². The van der Waals surface area contributed by atoms with Crippen molar-refractivity contribution in [3.63, 3.8) is 0 Å². The number of rotatable bonds is 12. The minimum absolute atomic E-state index is 0.0214. The smallest absolute Gasteiger partial charge is 0.251 e. The summed E-state index contributed by atoms with van der Waals surface area (Å²) in [5.41, 5.74) is 2.85. The van der Waals surface area contributed by atoms with Crippen LogP contribution in [0.1, 0.15) is 40.9 Å². The Labute approximate surface area is 226 Å². The average molecular weight is 544 g/mol. The molecule has 9 heteroatoms. The zero-order valence-corrected chi connectivity index (χ0v) is 22.1. The van der Waals surface area contributed by atoms with E-state index in [1.807, 2.05) is 18.2 Å². The van der Waals surface area contributed by atoms with Gasteiger partial charge in [-0.3, -0.25) is 9.59 Å². The lowest BCUT2D eigenvalue weighted by Gasteiger charge is -2.26. The SMILES string of the molecule is CCc1cccc(CNC[C@@H](O)[C@H](Cc2cc(F)cc(F)c2)NC(=O)[C@@H](C)NC(=O)c2ccc(Cl)cc2)c1. The zero-order chi connectivity index (χ0) is 27.7. The molecule has 0 spiro atoms. The first-order chi connectivity index (χ1) is 18.1. The molecular weight excluding hydrogens is 512 g/mol. The fourth-order valence-corrected chi connectivity index (χ4v) is 4.11. The summed E-state index contributed by atoms with van der Waals surface area (Å²) in [6.45, 7) is 4.18. The van der Waals surface area contributed by atoms with Gasteiger partial charge in [-0.25, -0.2) is 8.78 Å². The molecule has 0 fully saturated rings. The fourth-order valence-electron chi connectivity index (χ4n) is 3.99. The number of benzene rings is 3. The van der Waals surface area contributed by atoms with Crippen LogP contribution in [0, 0.1) is 11.6 Å². The van der Waals surface area contributed by atoms with E-state index in [-0.39, 0.29) is 18.5 Å². The lowest BCUT2D eigenvalue weighted by molar-refractivity contribution is -0.124. The minimum Gasteiger partial charge on any atom is -0.390 e. The van der Waals surface area contributed by atoms with Crippen LogP contribution in [0.4, 0.5) is 8.78 Å². The lowest BCUT2D eigenvalue weighted by atomic mass is 10.00. The summed E-state index contributed by atoms with van der Waals surface area (Å²) in [5.74, 6) is -2.53. The molecule has 0 aliphatic carbocycles. The van der Waals surface area contributed by atoms with E-state index in [9.17, 15) is 23.5 Å². The highest BCUT2D eigenvalue weighted by Gasteiger charge is 2.25. The third-order valence-electron chi connectivity index (χ3n) is 6.10. The van der Waals surface area contributed by atoms with Crippen LogP contribution in [-0.2, 0) is 24.2 Å². The minimum atomic E-state index is -1.08. The molecule has 0 bridgehead atoms. The van der Waals surface area contributed by atoms with Crippen LogP contribution in [0.25, 0.3) is 0 Å². The van der Waals surface area contributed by atoms with E-state index in [4.69, 9.17) is 11.6 Å². The van der Waals surface area contributed by atoms with Crippen LogP contribution in [0.3, 0.4) is 0 Å². The number of aliphatic hydroxyl groups is 1. The highest BCUT2D eigenvalue weighted by Crippen LogP contribution is 2.13. The Balaban J connectivity index is 1.66. The second-order valence-electron chi connectivity index (χ2n) is 9.17. The van der Waals surface area contributed by atoms with E-state index in [0.29, 0.717) is 17.1 Å². The first kappa shape index (κ1) is 29.2. The van der Waals surface area contributed by atoms with Crippen LogP contribution >= 0.6 is 11.6 Å². The van der Waals surface area contributed by atoms with Crippen LogP contribution in [0.5, 0.6) is 0 Å². The third kappa shape index (κ3) is 8.90. The summed E-state index contributed by atoms with van der Waals surface area (Å²) >= 11 is 5.86. The second-order valence-corrected chi connectivity index (χ2v) is 9.61. The Morgan fingerprint density at radius 2 is 1.58 bits per heavy atom. The molecule has 0 unspecified atom stereocenters. The molecule has 4 N–H and O–H groups in total. The first-order valence-electron chi connectivity index (χ1n) is 12.4. The van der Waals surface area contributed by atoms with Gasteiger partial charge < -0.3 is 21.1 Å². The first-order valence-corrected chi connectivity index (χ1v) is 12.8. The number of carbonyl (C=O) groups excluding carboxylic acids is 2. The largest absolute Gasteiger partial charge is 0.390 e. The Hall–Kier alpha value is -3.33. The van der Waals surface area contributed by atoms with Crippen molar-refractivity contribution in [1.29, 1.82) is 0 Å². The molecule has 2 amide bonds. The van der Waals surface area contributed by atoms with Gasteiger partial charge >= 0.3 is 0 Å². The van der Waals surface area contributed by atoms with Crippen LogP contribution in [0.2, 0.25) is 5.02 Å². The van der Waals surface area contributed by atoms with Crippen LogP contribution in [-0.4, -0.2) is 41.7 Å². The Morgan fingerprint density at radius 1 is 0.921 bits per heavy atom. The normalized spacial score (nSPS) is 13.4. The molecule has 0 saturated carbocycles. The summed E-state index contributed by atoms with van der Waals surface area (Å²) < 4.78 is 27.6. The number of hydrogen-bond donors (Lipinski definition) is 4. The van der Waals surface area contributed by atoms with Gasteiger partial charge in [-0.15, -0.1) is 0 Å². The summed E-state index contributed by atoms with van der Waals surface area (Å²) in [4.78, 5) is 25.4. The summed E-state index contributed by atoms with van der Waals surface area (Å²) in [7, 11) is 0. The van der Waals surface area contributed by atoms with Crippen LogP contribution in [0.15, 0.2) is 66.7 Å². The molecule has 3 aromatic rings. The molecule has 38 heavy (non-hydrogen) atoms. The molecule has 0 radical (unpaired) electrons. The van der Waals surface area contributed by atoms with E-state index in [1.165, 1.54) is 24.6 Å². The number of amides is 2. The molecule has 0 aliphatic rings. The molecule has 0 saturated heterocycles. The third-order valence-corrected chi connectivity index (χ3v) is 6.35. The van der Waals surface area contributed by atoms with Gasteiger partial charge in [0.05, 0.1) is 12.1 Å². The van der Waals surface area contributed by atoms with Gasteiger partial charge in [0, 0.05) is 29.7 Å². The molecule has 202 valence electrons. The molecule has 3 rings (SSSR count). The number of halogens is 3. The van der Waals surface area contributed by atoms with Gasteiger partial charge in [0.15, 0.2) is 0 Å². The monoisotopic (exact) mass is 543 g/mol. The lowest BCUT2D eigenvalue weighted by Crippen LogP contribution is -2.54. The van der Waals surface area contributed by atoms with Gasteiger partial charge in [-0.1, -0.05) is 42.8 Å². The van der Waals surface area contributed by atoms with Gasteiger partial charge in [-0.05, 0) is 72.9 Å². The maximum absolute atomic E-state index is 13.8. The van der Waals surface area contributed by atoms with E-state index >= 15 is 0 Å². The van der Waals surface area contributed by atoms with E-state index in [1.54, 1.807) is 12.1 Å². The van der Waals surface area contributed by atoms with Crippen LogP contribution < -0.4 is 16.0 Å². The predicted molar refractivity (Wildman–Crippen MR) is 144 cm³/mol. The maximum Gasteiger partial charge on any atom is 0.251 e. The van der Waals surface area contributed by atoms with Crippen molar-refractivity contribution in [3.05, 3.63) is 106 Å². The van der Waals surface area contributed by atoms with Gasteiger partial charge in [0.2, 0.25) is 5.91 Å². The van der Waals surface area contributed by atoms with Crippen molar-refractivity contribution >= 4 is 23.4 Å². The standard InChI is InChI=1S/C29H32ClF2N3O3/c1-3-19-5-4-6-20(11-19)16-33-17-27(36)26(14-21-12-24(31)15-25(32)13-21)35-28(37)18(2)34-29(38)22-7-9-23(30)10-8-22/h4-13,15,18,26-27,33,36H,3,14,16-17H2,1-2H3,(H,34,38)(H,35,37)/t18-,26+,27-/m1/s1. The van der Waals surface area contributed by atoms with Crippen molar-refractivity contribution in [3.8, 4) is 0 Å². The average Bonchev–Trinajstić information content (AvgIpc) is 2.88. The van der Waals surface area contributed by atoms with E-state index < -0.39 is 41.6 Å². The molecule has 6 nitrogen and oxygen atoms in total. The molecule has 0 aromatic heterocycles. The number of hydrogen-bond acceptors (Lipinski definition) is 4. The highest BCUT2D eigenvalue weighted by molar-refractivity contribution is 6.30. The van der Waals surface area contributed by atoms with Gasteiger partial charge in [-0.2, -0.15) is 0 Å². The molecule has 3 atom stereocenters. The molecule has 0 heterocycles. The second kappa shape index (κ2) is 14.0. The number of nitrogens with one attached hydrogen (secondary N) is 3. The van der Waals surface area contributed by atoms with E-state index in [2.05, 4.69) is 28.9 Å². The summed E-state index contributed by atoms with van der Waals surface area (Å²) in [5, 5.41) is 19.9. The topological polar surface area (TPSA) is 90.5 Å². The van der Waals surface area contributed by atoms with Crippen molar-refractivity contribution in [2.45, 2.75) is 51.4 Å². The summed E-state index contributed by atoms with van der Waals surface area (Å²) in [6, 6.07) is 15.5. The number of aliphatic hydroxyl groups excluding tert-OH is 1. The Morgan fingerprint density at radius 3 is 2.24 bits per heavy atom.